The van der Waals surface area contributed by atoms with E-state index < -0.39 is 0 Å². The minimum atomic E-state index is -0.257. The number of aryl methyl sites for hydroxylation is 1. The van der Waals surface area contributed by atoms with E-state index >= 15 is 0 Å². The van der Waals surface area contributed by atoms with E-state index in [-0.39, 0.29) is 23.8 Å². The Morgan fingerprint density at radius 2 is 1.73 bits per heavy atom. The molecule has 0 spiro atoms. The predicted octanol–water partition coefficient (Wildman–Crippen LogP) is 3.05. The van der Waals surface area contributed by atoms with Gasteiger partial charge in [-0.15, -0.1) is 0 Å². The predicted molar refractivity (Wildman–Crippen MR) is 102 cm³/mol. The normalized spacial score (nSPS) is 16.5. The van der Waals surface area contributed by atoms with Crippen molar-refractivity contribution in [2.75, 3.05) is 13.1 Å². The van der Waals surface area contributed by atoms with Gasteiger partial charge >= 0.3 is 0 Å². The van der Waals surface area contributed by atoms with Crippen LogP contribution in [0.5, 0.6) is 0 Å². The number of nitrogens with zero attached hydrogens (tertiary/aromatic N) is 2. The first kappa shape index (κ1) is 18.2. The molecule has 1 aromatic carbocycles. The summed E-state index contributed by atoms with van der Waals surface area (Å²) in [4.78, 5) is 26.2. The molecule has 138 valence electrons. The molecule has 1 saturated heterocycles. The van der Waals surface area contributed by atoms with Crippen LogP contribution < -0.4 is 5.73 Å². The third-order valence-corrected chi connectivity index (χ3v) is 5.57. The van der Waals surface area contributed by atoms with Crippen molar-refractivity contribution in [1.82, 2.24) is 9.47 Å². The fraction of sp³-hybridized carbons (Fsp3) is 0.429. The molecule has 0 bridgehead atoms. The minimum Gasteiger partial charge on any atom is -0.369 e. The molecule has 0 radical (unpaired) electrons. The zero-order chi connectivity index (χ0) is 18.8. The Bertz CT molecular complexity index is 802. The van der Waals surface area contributed by atoms with Crippen molar-refractivity contribution in [3.8, 4) is 0 Å². The van der Waals surface area contributed by atoms with Crippen molar-refractivity contribution in [3.05, 3.63) is 58.9 Å². The number of carbonyl (C=O) groups is 2. The molecule has 1 aliphatic rings. The highest BCUT2D eigenvalue weighted by molar-refractivity contribution is 5.96. The number of primary amides is 1. The van der Waals surface area contributed by atoms with Gasteiger partial charge in [0.15, 0.2) is 0 Å². The highest BCUT2D eigenvalue weighted by Gasteiger charge is 2.28. The lowest BCUT2D eigenvalue weighted by molar-refractivity contribution is -0.123. The van der Waals surface area contributed by atoms with Gasteiger partial charge in [-0.1, -0.05) is 30.3 Å². The smallest absolute Gasteiger partial charge is 0.255 e. The molecule has 5 heteroatoms. The highest BCUT2D eigenvalue weighted by Crippen LogP contribution is 2.27. The van der Waals surface area contributed by atoms with Gasteiger partial charge in [0.05, 0.1) is 11.6 Å². The summed E-state index contributed by atoms with van der Waals surface area (Å²) in [6.45, 7) is 7.38. The lowest BCUT2D eigenvalue weighted by atomic mass is 9.96. The first-order valence-electron chi connectivity index (χ1n) is 9.22. The van der Waals surface area contributed by atoms with E-state index in [1.807, 2.05) is 43.0 Å². The van der Waals surface area contributed by atoms with Crippen LogP contribution in [0, 0.1) is 19.8 Å². The van der Waals surface area contributed by atoms with Crippen LogP contribution in [-0.4, -0.2) is 34.4 Å². The number of hydrogen-bond acceptors (Lipinski definition) is 2. The van der Waals surface area contributed by atoms with Crippen molar-refractivity contribution < 1.29 is 9.59 Å². The van der Waals surface area contributed by atoms with Crippen LogP contribution in [0.2, 0.25) is 0 Å². The second-order valence-electron chi connectivity index (χ2n) is 7.21. The standard InChI is InChI=1S/C21H27N3O2/c1-14-13-19(21(26)23-11-9-18(10-12-23)20(22)25)16(3)24(14)15(2)17-7-5-4-6-8-17/h4-8,13,15,18H,9-12H2,1-3H3,(H2,22,25)/t15-/m0/s1. The van der Waals surface area contributed by atoms with Crippen molar-refractivity contribution in [3.63, 3.8) is 0 Å². The summed E-state index contributed by atoms with van der Waals surface area (Å²) in [6.07, 6.45) is 1.31. The average molecular weight is 353 g/mol. The number of piperidine rings is 1. The van der Waals surface area contributed by atoms with E-state index in [9.17, 15) is 9.59 Å². The lowest BCUT2D eigenvalue weighted by Gasteiger charge is -2.30. The fourth-order valence-corrected chi connectivity index (χ4v) is 4.01. The first-order chi connectivity index (χ1) is 12.4. The van der Waals surface area contributed by atoms with E-state index in [2.05, 4.69) is 23.6 Å². The Kier molecular flexibility index (Phi) is 5.16. The van der Waals surface area contributed by atoms with Crippen LogP contribution in [0.1, 0.15) is 53.1 Å². The molecule has 2 amide bonds. The average Bonchev–Trinajstić information content (AvgIpc) is 2.95. The van der Waals surface area contributed by atoms with Gasteiger partial charge in [0, 0.05) is 30.4 Å². The summed E-state index contributed by atoms with van der Waals surface area (Å²) in [5.74, 6) is -0.316. The molecule has 1 aromatic heterocycles. The van der Waals surface area contributed by atoms with Crippen LogP contribution in [0.25, 0.3) is 0 Å². The Morgan fingerprint density at radius 1 is 1.12 bits per heavy atom. The number of aromatic nitrogens is 1. The Morgan fingerprint density at radius 3 is 2.31 bits per heavy atom. The van der Waals surface area contributed by atoms with Gasteiger partial charge in [-0.2, -0.15) is 0 Å². The minimum absolute atomic E-state index is 0.0486. The van der Waals surface area contributed by atoms with Crippen LogP contribution in [0.3, 0.4) is 0 Å². The number of carbonyl (C=O) groups excluding carboxylic acids is 2. The third kappa shape index (κ3) is 3.39. The monoisotopic (exact) mass is 353 g/mol. The molecule has 1 aliphatic heterocycles. The van der Waals surface area contributed by atoms with E-state index in [0.717, 1.165) is 17.0 Å². The second kappa shape index (κ2) is 7.36. The summed E-state index contributed by atoms with van der Waals surface area (Å²) >= 11 is 0. The van der Waals surface area contributed by atoms with Crippen molar-refractivity contribution >= 4 is 11.8 Å². The maximum Gasteiger partial charge on any atom is 0.255 e. The van der Waals surface area contributed by atoms with Gasteiger partial charge in [0.1, 0.15) is 0 Å². The Hall–Kier alpha value is -2.56. The van der Waals surface area contributed by atoms with Crippen molar-refractivity contribution in [2.24, 2.45) is 11.7 Å². The van der Waals surface area contributed by atoms with Gasteiger partial charge in [0.25, 0.3) is 5.91 Å². The second-order valence-corrected chi connectivity index (χ2v) is 7.21. The zero-order valence-corrected chi connectivity index (χ0v) is 15.7. The quantitative estimate of drug-likeness (QED) is 0.918. The fourth-order valence-electron chi connectivity index (χ4n) is 4.01. The van der Waals surface area contributed by atoms with Gasteiger partial charge < -0.3 is 15.2 Å². The summed E-state index contributed by atoms with van der Waals surface area (Å²) in [7, 11) is 0. The zero-order valence-electron chi connectivity index (χ0n) is 15.7. The van der Waals surface area contributed by atoms with Crippen LogP contribution >= 0.6 is 0 Å². The largest absolute Gasteiger partial charge is 0.369 e. The lowest BCUT2D eigenvalue weighted by Crippen LogP contribution is -2.41. The molecule has 0 aliphatic carbocycles. The SMILES string of the molecule is Cc1cc(C(=O)N2CCC(C(N)=O)CC2)c(C)n1[C@@H](C)c1ccccc1. The first-order valence-corrected chi connectivity index (χ1v) is 9.22. The molecule has 1 atom stereocenters. The summed E-state index contributed by atoms with van der Waals surface area (Å²) < 4.78 is 2.22. The number of benzene rings is 1. The molecule has 2 aromatic rings. The topological polar surface area (TPSA) is 68.3 Å². The molecule has 3 rings (SSSR count). The summed E-state index contributed by atoms with van der Waals surface area (Å²) in [5.41, 5.74) is 9.43. The maximum atomic E-state index is 13.0. The highest BCUT2D eigenvalue weighted by atomic mass is 16.2. The van der Waals surface area contributed by atoms with Crippen molar-refractivity contribution in [1.29, 1.82) is 0 Å². The van der Waals surface area contributed by atoms with E-state index in [1.54, 1.807) is 0 Å². The molecular weight excluding hydrogens is 326 g/mol. The maximum absolute atomic E-state index is 13.0. The number of nitrogens with two attached hydrogens (primary N) is 1. The van der Waals surface area contributed by atoms with Gasteiger partial charge in [0.2, 0.25) is 5.91 Å². The van der Waals surface area contributed by atoms with E-state index in [1.165, 1.54) is 5.56 Å². The van der Waals surface area contributed by atoms with Crippen LogP contribution in [0.4, 0.5) is 0 Å². The molecule has 26 heavy (non-hydrogen) atoms. The third-order valence-electron chi connectivity index (χ3n) is 5.57. The Balaban J connectivity index is 1.82. The number of hydrogen-bond donors (Lipinski definition) is 1. The van der Waals surface area contributed by atoms with E-state index in [4.69, 9.17) is 5.73 Å². The molecule has 1 fully saturated rings. The number of rotatable bonds is 4. The molecular formula is C21H27N3O2. The van der Waals surface area contributed by atoms with Gasteiger partial charge in [-0.3, -0.25) is 9.59 Å². The number of amides is 2. The van der Waals surface area contributed by atoms with Crippen molar-refractivity contribution in [2.45, 2.75) is 39.7 Å². The molecule has 2 heterocycles. The molecule has 0 unspecified atom stereocenters. The van der Waals surface area contributed by atoms with Gasteiger partial charge in [-0.05, 0) is 45.2 Å². The van der Waals surface area contributed by atoms with Crippen LogP contribution in [0.15, 0.2) is 36.4 Å². The summed E-state index contributed by atoms with van der Waals surface area (Å²) in [5, 5.41) is 0. The number of likely N-dealkylation sites (tertiary alicyclic amines) is 1. The van der Waals surface area contributed by atoms with Gasteiger partial charge in [-0.25, -0.2) is 0 Å². The van der Waals surface area contributed by atoms with Crippen LogP contribution in [-0.2, 0) is 4.79 Å². The molecule has 5 nitrogen and oxygen atoms in total. The summed E-state index contributed by atoms with van der Waals surface area (Å²) in [6, 6.07) is 12.5. The Labute approximate surface area is 154 Å². The molecule has 2 N–H and O–H groups in total. The molecule has 0 saturated carbocycles. The van der Waals surface area contributed by atoms with E-state index in [0.29, 0.717) is 25.9 Å².